The second-order valence-electron chi connectivity index (χ2n) is 6.44. The second-order valence-corrected chi connectivity index (χ2v) is 6.44. The van der Waals surface area contributed by atoms with Crippen molar-refractivity contribution >= 4 is 29.0 Å². The first-order valence-electron chi connectivity index (χ1n) is 8.12. The molecule has 0 fully saturated rings. The van der Waals surface area contributed by atoms with Crippen LogP contribution >= 0.6 is 0 Å². The monoisotopic (exact) mass is 311 g/mol. The molecule has 24 heavy (non-hydrogen) atoms. The predicted molar refractivity (Wildman–Crippen MR) is 93.3 cm³/mol. The maximum absolute atomic E-state index is 6.33. The van der Waals surface area contributed by atoms with E-state index >= 15 is 0 Å². The molecule has 0 N–H and O–H groups in total. The number of ether oxygens (including phenoxy) is 1. The molecule has 0 bridgehead atoms. The van der Waals surface area contributed by atoms with E-state index in [4.69, 9.17) is 9.15 Å². The molecule has 2 aromatic carbocycles. The van der Waals surface area contributed by atoms with Gasteiger partial charge in [0.05, 0.1) is 5.41 Å². The minimum Gasteiger partial charge on any atom is -0.456 e. The molecule has 1 aliphatic carbocycles. The van der Waals surface area contributed by atoms with Gasteiger partial charge in [0.2, 0.25) is 0 Å². The third-order valence-corrected chi connectivity index (χ3v) is 5.30. The molecule has 1 unspecified atom stereocenters. The van der Waals surface area contributed by atoms with E-state index in [0.29, 0.717) is 0 Å². The van der Waals surface area contributed by atoms with Crippen molar-refractivity contribution in [2.45, 2.75) is 11.8 Å². The fourth-order valence-electron chi connectivity index (χ4n) is 4.20. The van der Waals surface area contributed by atoms with Crippen LogP contribution in [0, 0.1) is 0 Å². The summed E-state index contributed by atoms with van der Waals surface area (Å²) in [5.41, 5.74) is 3.80. The maximum atomic E-state index is 6.33. The largest absolute Gasteiger partial charge is 0.456 e. The zero-order valence-corrected chi connectivity index (χ0v) is 12.8. The molecule has 3 heteroatoms. The first-order chi connectivity index (χ1) is 11.9. The van der Waals surface area contributed by atoms with E-state index in [2.05, 4.69) is 29.3 Å². The third kappa shape index (κ3) is 1.28. The molecule has 3 aliphatic rings. The van der Waals surface area contributed by atoms with Gasteiger partial charge < -0.3 is 9.15 Å². The molecular weight excluding hydrogens is 298 g/mol. The molecule has 6 rings (SSSR count). The highest BCUT2D eigenvalue weighted by atomic mass is 16.5. The van der Waals surface area contributed by atoms with Gasteiger partial charge in [-0.25, -0.2) is 0 Å². The van der Waals surface area contributed by atoms with Gasteiger partial charge in [-0.05, 0) is 23.8 Å². The zero-order chi connectivity index (χ0) is 15.7. The molecule has 0 radical (unpaired) electrons. The molecule has 0 saturated heterocycles. The van der Waals surface area contributed by atoms with E-state index in [0.717, 1.165) is 39.5 Å². The van der Waals surface area contributed by atoms with Crippen LogP contribution in [0.4, 0.5) is 0 Å². The summed E-state index contributed by atoms with van der Waals surface area (Å²) >= 11 is 0. The number of hydrogen-bond donors (Lipinski definition) is 0. The number of hydrogen-bond acceptors (Lipinski definition) is 3. The summed E-state index contributed by atoms with van der Waals surface area (Å²) in [7, 11) is 0. The lowest BCUT2D eigenvalue weighted by molar-refractivity contribution is 0.450. The van der Waals surface area contributed by atoms with Crippen molar-refractivity contribution in [3.05, 3.63) is 76.5 Å². The molecule has 0 saturated carbocycles. The van der Waals surface area contributed by atoms with Crippen LogP contribution in [0.25, 0.3) is 22.8 Å². The molecular formula is C21H13NO2. The van der Waals surface area contributed by atoms with Crippen LogP contribution in [0.15, 0.2) is 69.7 Å². The van der Waals surface area contributed by atoms with Gasteiger partial charge in [-0.3, -0.25) is 4.99 Å². The van der Waals surface area contributed by atoms with Gasteiger partial charge >= 0.3 is 0 Å². The Morgan fingerprint density at radius 1 is 1.00 bits per heavy atom. The lowest BCUT2D eigenvalue weighted by atomic mass is 9.69. The molecule has 0 amide bonds. The number of para-hydroxylation sites is 2. The molecule has 3 heterocycles. The predicted octanol–water partition coefficient (Wildman–Crippen LogP) is 3.02. The van der Waals surface area contributed by atoms with E-state index in [1.54, 1.807) is 0 Å². The number of benzene rings is 2. The summed E-state index contributed by atoms with van der Waals surface area (Å²) < 4.78 is 12.5. The fraction of sp³-hybridized carbons (Fsp3) is 0.0952. The first-order valence-corrected chi connectivity index (χ1v) is 8.12. The Hall–Kier alpha value is -3.07. The summed E-state index contributed by atoms with van der Waals surface area (Å²) in [6, 6.07) is 16.4. The summed E-state index contributed by atoms with van der Waals surface area (Å²) in [4.78, 5) is 4.41. The molecule has 1 spiro atoms. The Kier molecular flexibility index (Phi) is 2.09. The van der Waals surface area contributed by atoms with Gasteiger partial charge in [0.15, 0.2) is 11.2 Å². The standard InChI is InChI=1S/C21H13NO2/c1-3-7-17-14(5-1)15-11-13-12-22-10-9-21(13)16-6-2-4-8-18(16)24-20(21)19(15)23-17/h1-8,10-12H,9H2. The molecule has 2 aliphatic heterocycles. The highest BCUT2D eigenvalue weighted by Gasteiger charge is 2.50. The quantitative estimate of drug-likeness (QED) is 0.639. The second kappa shape index (κ2) is 4.06. The highest BCUT2D eigenvalue weighted by molar-refractivity contribution is 5.89. The molecule has 1 aromatic heterocycles. The Morgan fingerprint density at radius 3 is 2.88 bits per heavy atom. The van der Waals surface area contributed by atoms with Crippen molar-refractivity contribution in [2.24, 2.45) is 4.99 Å². The van der Waals surface area contributed by atoms with E-state index in [-0.39, 0.29) is 5.41 Å². The Morgan fingerprint density at radius 2 is 1.88 bits per heavy atom. The number of aliphatic imine (C=N–C) groups is 1. The Balaban J connectivity index is 1.85. The number of nitrogens with zero attached hydrogens (tertiary/aromatic N) is 1. The van der Waals surface area contributed by atoms with Crippen molar-refractivity contribution in [3.63, 3.8) is 0 Å². The average molecular weight is 311 g/mol. The number of furan rings is 1. The molecule has 3 nitrogen and oxygen atoms in total. The van der Waals surface area contributed by atoms with Crippen LogP contribution in [0.1, 0.15) is 12.0 Å². The number of rotatable bonds is 0. The normalized spacial score (nSPS) is 22.8. The first kappa shape index (κ1) is 12.4. The van der Waals surface area contributed by atoms with Gasteiger partial charge in [0.25, 0.3) is 0 Å². The van der Waals surface area contributed by atoms with E-state index in [1.165, 1.54) is 11.1 Å². The Labute approximate surface area is 137 Å². The van der Waals surface area contributed by atoms with Crippen molar-refractivity contribution < 1.29 is 9.15 Å². The van der Waals surface area contributed by atoms with Crippen LogP contribution in [-0.2, 0) is 5.41 Å². The van der Waals surface area contributed by atoms with Crippen LogP contribution < -0.4 is 15.4 Å². The van der Waals surface area contributed by atoms with Gasteiger partial charge in [-0.15, -0.1) is 0 Å². The number of fused-ring (bicyclic) bond motifs is 4. The smallest absolute Gasteiger partial charge is 0.174 e. The summed E-state index contributed by atoms with van der Waals surface area (Å²) in [6.45, 7) is 0. The van der Waals surface area contributed by atoms with Crippen molar-refractivity contribution in [1.82, 2.24) is 0 Å². The van der Waals surface area contributed by atoms with E-state index < -0.39 is 0 Å². The molecule has 114 valence electrons. The average Bonchev–Trinajstić information content (AvgIpc) is 3.16. The lowest BCUT2D eigenvalue weighted by Crippen LogP contribution is -2.41. The summed E-state index contributed by atoms with van der Waals surface area (Å²) in [5, 5.41) is 2.20. The zero-order valence-electron chi connectivity index (χ0n) is 12.8. The highest BCUT2D eigenvalue weighted by Crippen LogP contribution is 2.54. The minimum absolute atomic E-state index is 0.306. The fourth-order valence-corrected chi connectivity index (χ4v) is 4.20. The van der Waals surface area contributed by atoms with Gasteiger partial charge in [0.1, 0.15) is 11.3 Å². The SMILES string of the molecule is C1=NC=C2C=c3c(oc4ccccc34)=C3Oc4ccccc4C23C1. The minimum atomic E-state index is -0.306. The van der Waals surface area contributed by atoms with Crippen LogP contribution in [-0.4, -0.2) is 6.21 Å². The van der Waals surface area contributed by atoms with Gasteiger partial charge in [-0.2, -0.15) is 0 Å². The van der Waals surface area contributed by atoms with Crippen LogP contribution in [0.2, 0.25) is 0 Å². The molecule has 3 aromatic rings. The lowest BCUT2D eigenvalue weighted by Gasteiger charge is -2.32. The van der Waals surface area contributed by atoms with Crippen molar-refractivity contribution in [3.8, 4) is 5.75 Å². The summed E-state index contributed by atoms with van der Waals surface area (Å²) in [6.07, 6.45) is 6.93. The van der Waals surface area contributed by atoms with Crippen LogP contribution in [0.5, 0.6) is 5.75 Å². The molecule has 1 atom stereocenters. The topological polar surface area (TPSA) is 34.7 Å². The van der Waals surface area contributed by atoms with E-state index in [9.17, 15) is 0 Å². The van der Waals surface area contributed by atoms with Crippen LogP contribution in [0.3, 0.4) is 0 Å². The van der Waals surface area contributed by atoms with E-state index in [1.807, 2.05) is 42.7 Å². The Bertz CT molecular complexity index is 1210. The van der Waals surface area contributed by atoms with Crippen molar-refractivity contribution in [1.29, 1.82) is 0 Å². The summed E-state index contributed by atoms with van der Waals surface area (Å²) in [5.74, 6) is 1.81. The van der Waals surface area contributed by atoms with Crippen molar-refractivity contribution in [2.75, 3.05) is 0 Å². The van der Waals surface area contributed by atoms with Gasteiger partial charge in [0, 0.05) is 35.0 Å². The maximum Gasteiger partial charge on any atom is 0.174 e. The van der Waals surface area contributed by atoms with Gasteiger partial charge in [-0.1, -0.05) is 36.4 Å². The third-order valence-electron chi connectivity index (χ3n) is 5.30.